The van der Waals surface area contributed by atoms with E-state index in [2.05, 4.69) is 5.32 Å². The number of ether oxygens (including phenoxy) is 2. The van der Waals surface area contributed by atoms with Crippen LogP contribution in [0.1, 0.15) is 32.4 Å². The van der Waals surface area contributed by atoms with Gasteiger partial charge < -0.3 is 14.8 Å². The van der Waals surface area contributed by atoms with E-state index in [4.69, 9.17) is 9.47 Å². The fourth-order valence-electron chi connectivity index (χ4n) is 3.57. The molecule has 0 fully saturated rings. The van der Waals surface area contributed by atoms with Crippen molar-refractivity contribution in [2.24, 2.45) is 0 Å². The molecule has 0 heterocycles. The summed E-state index contributed by atoms with van der Waals surface area (Å²) in [6.45, 7) is 4.66. The number of sulfone groups is 2. The van der Waals surface area contributed by atoms with E-state index in [1.54, 1.807) is 20.8 Å². The topological polar surface area (TPSA) is 116 Å². The molecular formula is C26H28FNO7S2. The average molecular weight is 550 g/mol. The molecule has 11 heteroatoms. The lowest BCUT2D eigenvalue weighted by Gasteiger charge is -2.34. The predicted octanol–water partition coefficient (Wildman–Crippen LogP) is 4.83. The molecule has 8 nitrogen and oxygen atoms in total. The smallest absolute Gasteiger partial charge is 0.408 e. The molecule has 37 heavy (non-hydrogen) atoms. The first kappa shape index (κ1) is 28.1. The molecule has 1 amide bonds. The fourth-order valence-corrected chi connectivity index (χ4v) is 7.98. The van der Waals surface area contributed by atoms with Gasteiger partial charge in [-0.25, -0.2) is 26.0 Å². The second-order valence-corrected chi connectivity index (χ2v) is 13.5. The number of halogens is 1. The molecule has 0 spiro atoms. The number of methoxy groups -OCH3 is 1. The van der Waals surface area contributed by atoms with E-state index in [0.717, 1.165) is 24.3 Å². The maximum absolute atomic E-state index is 17.6. The second-order valence-electron chi connectivity index (χ2n) is 9.07. The van der Waals surface area contributed by atoms with Gasteiger partial charge in [0.1, 0.15) is 17.4 Å². The third kappa shape index (κ3) is 5.62. The molecule has 0 radical (unpaired) electrons. The minimum absolute atomic E-state index is 0.145. The minimum Gasteiger partial charge on any atom is -0.497 e. The highest BCUT2D eigenvalue weighted by Crippen LogP contribution is 2.46. The maximum Gasteiger partial charge on any atom is 0.408 e. The van der Waals surface area contributed by atoms with Gasteiger partial charge in [0.2, 0.25) is 19.7 Å². The monoisotopic (exact) mass is 549 g/mol. The second kappa shape index (κ2) is 10.5. The summed E-state index contributed by atoms with van der Waals surface area (Å²) in [6, 6.07) is 15.8. The van der Waals surface area contributed by atoms with Crippen LogP contribution in [0.3, 0.4) is 0 Å². The van der Waals surface area contributed by atoms with Gasteiger partial charge in [-0.05, 0) is 62.7 Å². The first-order valence-corrected chi connectivity index (χ1v) is 14.1. The molecule has 3 aromatic carbocycles. The number of alkyl halides is 1. The lowest BCUT2D eigenvalue weighted by molar-refractivity contribution is 0.0481. The van der Waals surface area contributed by atoms with E-state index in [1.165, 1.54) is 67.8 Å². The van der Waals surface area contributed by atoms with E-state index in [9.17, 15) is 21.6 Å². The summed E-state index contributed by atoms with van der Waals surface area (Å²) in [5.41, 5.74) is -1.18. The number of carbonyl (C=O) groups excluding carboxylic acids is 1. The van der Waals surface area contributed by atoms with Gasteiger partial charge in [-0.1, -0.05) is 48.5 Å². The van der Waals surface area contributed by atoms with Gasteiger partial charge in [0, 0.05) is 0 Å². The summed E-state index contributed by atoms with van der Waals surface area (Å²) in [7, 11) is -9.24. The van der Waals surface area contributed by atoms with Crippen molar-refractivity contribution >= 4 is 25.8 Å². The van der Waals surface area contributed by atoms with Crippen LogP contribution in [-0.4, -0.2) is 40.0 Å². The van der Waals surface area contributed by atoms with Crippen LogP contribution < -0.4 is 10.1 Å². The number of nitrogens with one attached hydrogen (secondary N) is 1. The van der Waals surface area contributed by atoms with Crippen LogP contribution in [0.25, 0.3) is 0 Å². The van der Waals surface area contributed by atoms with E-state index in [1.807, 2.05) is 0 Å². The summed E-state index contributed by atoms with van der Waals surface area (Å²) < 4.78 is 79.5. The Morgan fingerprint density at radius 3 is 1.59 bits per heavy atom. The third-order valence-electron chi connectivity index (χ3n) is 5.29. The molecule has 0 bridgehead atoms. The Labute approximate surface area is 216 Å². The van der Waals surface area contributed by atoms with Crippen molar-refractivity contribution in [3.63, 3.8) is 0 Å². The van der Waals surface area contributed by atoms with Crippen molar-refractivity contribution in [1.29, 1.82) is 0 Å². The zero-order valence-electron chi connectivity index (χ0n) is 20.7. The standard InChI is InChI=1S/C26H28FNO7S2/c1-25(2,3)35-24(29)28-23(19-15-17-20(34-4)18-16-19)26(27,36(30,31)21-11-7-5-8-12-21)37(32,33)22-13-9-6-10-14-22/h5-18,23H,1-4H3,(H,28,29)/t23-/m0/s1. The fraction of sp³-hybridized carbons (Fsp3) is 0.269. The summed E-state index contributed by atoms with van der Waals surface area (Å²) in [6.07, 6.45) is -1.21. The molecule has 3 rings (SSSR count). The predicted molar refractivity (Wildman–Crippen MR) is 136 cm³/mol. The Morgan fingerprint density at radius 1 is 0.784 bits per heavy atom. The molecule has 198 valence electrons. The number of hydrogen-bond acceptors (Lipinski definition) is 7. The Balaban J connectivity index is 2.36. The Morgan fingerprint density at radius 2 is 1.22 bits per heavy atom. The first-order chi connectivity index (χ1) is 17.2. The van der Waals surface area contributed by atoms with Crippen molar-refractivity contribution < 1.29 is 35.5 Å². The maximum atomic E-state index is 17.6. The molecule has 0 aliphatic heterocycles. The van der Waals surface area contributed by atoms with E-state index in [0.29, 0.717) is 5.75 Å². The van der Waals surface area contributed by atoms with Gasteiger partial charge in [-0.3, -0.25) is 0 Å². The Bertz CT molecular complexity index is 1370. The van der Waals surface area contributed by atoms with Crippen LogP contribution in [0.15, 0.2) is 94.7 Å². The number of carbonyl (C=O) groups is 1. The number of rotatable bonds is 8. The molecule has 0 aromatic heterocycles. The van der Waals surface area contributed by atoms with E-state index < -0.39 is 51.5 Å². The molecule has 0 saturated heterocycles. The van der Waals surface area contributed by atoms with Crippen LogP contribution in [0, 0.1) is 0 Å². The largest absolute Gasteiger partial charge is 0.497 e. The summed E-state index contributed by atoms with van der Waals surface area (Å²) in [4.78, 5) is 11.7. The van der Waals surface area contributed by atoms with Crippen LogP contribution in [0.2, 0.25) is 0 Å². The molecule has 0 aliphatic rings. The van der Waals surface area contributed by atoms with Crippen LogP contribution in [0.5, 0.6) is 5.75 Å². The lowest BCUT2D eigenvalue weighted by Crippen LogP contribution is -2.54. The number of hydrogen-bond donors (Lipinski definition) is 1. The summed E-state index contributed by atoms with van der Waals surface area (Å²) in [5, 5.41) is 2.18. The quantitative estimate of drug-likeness (QED) is 0.428. The van der Waals surface area contributed by atoms with Crippen molar-refractivity contribution in [1.82, 2.24) is 5.32 Å². The lowest BCUT2D eigenvalue weighted by atomic mass is 10.1. The normalized spacial score (nSPS) is 13.4. The Kier molecular flexibility index (Phi) is 7.99. The highest BCUT2D eigenvalue weighted by molar-refractivity contribution is 8.10. The molecular weight excluding hydrogens is 521 g/mol. The van der Waals surface area contributed by atoms with E-state index >= 15 is 4.39 Å². The van der Waals surface area contributed by atoms with Crippen molar-refractivity contribution in [3.8, 4) is 5.75 Å². The van der Waals surface area contributed by atoms with Crippen molar-refractivity contribution in [2.45, 2.75) is 46.5 Å². The van der Waals surface area contributed by atoms with Gasteiger partial charge in [0.15, 0.2) is 0 Å². The van der Waals surface area contributed by atoms with Gasteiger partial charge in [0.25, 0.3) is 0 Å². The van der Waals surface area contributed by atoms with Crippen LogP contribution in [0.4, 0.5) is 9.18 Å². The highest BCUT2D eigenvalue weighted by Gasteiger charge is 2.64. The average Bonchev–Trinajstić information content (AvgIpc) is 2.86. The molecule has 3 aromatic rings. The van der Waals surface area contributed by atoms with E-state index in [-0.39, 0.29) is 5.56 Å². The SMILES string of the molecule is COc1ccc([C@H](NC(=O)OC(C)(C)C)C(F)(S(=O)(=O)c2ccccc2)S(=O)(=O)c2ccccc2)cc1. The van der Waals surface area contributed by atoms with Gasteiger partial charge in [-0.2, -0.15) is 0 Å². The summed E-state index contributed by atoms with van der Waals surface area (Å²) in [5.74, 6) is 0.348. The molecule has 1 N–H and O–H groups in total. The number of benzene rings is 3. The molecule has 1 atom stereocenters. The van der Waals surface area contributed by atoms with Gasteiger partial charge >= 0.3 is 10.4 Å². The molecule has 0 aliphatic carbocycles. The Hall–Kier alpha value is -3.44. The van der Waals surface area contributed by atoms with Crippen LogP contribution >= 0.6 is 0 Å². The van der Waals surface area contributed by atoms with Crippen molar-refractivity contribution in [3.05, 3.63) is 90.5 Å². The first-order valence-electron chi connectivity index (χ1n) is 11.2. The third-order valence-corrected chi connectivity index (χ3v) is 10.3. The zero-order chi connectivity index (χ0) is 27.5. The van der Waals surface area contributed by atoms with Crippen molar-refractivity contribution in [2.75, 3.05) is 7.11 Å². The van der Waals surface area contributed by atoms with Gasteiger partial charge in [-0.15, -0.1) is 0 Å². The molecule has 0 saturated carbocycles. The number of amides is 1. The zero-order valence-corrected chi connectivity index (χ0v) is 22.3. The number of alkyl carbamates (subject to hydrolysis) is 1. The minimum atomic E-state index is -5.31. The van der Waals surface area contributed by atoms with Crippen LogP contribution in [-0.2, 0) is 24.4 Å². The molecule has 0 unspecified atom stereocenters. The highest BCUT2D eigenvalue weighted by atomic mass is 32.3. The van der Waals surface area contributed by atoms with Gasteiger partial charge in [0.05, 0.1) is 16.9 Å². The summed E-state index contributed by atoms with van der Waals surface area (Å²) >= 11 is 0.